The van der Waals surface area contributed by atoms with E-state index in [1.807, 2.05) is 12.1 Å². The molecule has 2 nitrogen and oxygen atoms in total. The number of rotatable bonds is 3. The second-order valence-electron chi connectivity index (χ2n) is 4.63. The van der Waals surface area contributed by atoms with Crippen molar-refractivity contribution in [2.24, 2.45) is 0 Å². The molecule has 0 aliphatic heterocycles. The molecule has 0 aliphatic rings. The van der Waals surface area contributed by atoms with Crippen LogP contribution in [-0.2, 0) is 0 Å². The summed E-state index contributed by atoms with van der Waals surface area (Å²) in [7, 11) is 0. The van der Waals surface area contributed by atoms with Gasteiger partial charge in [0.2, 0.25) is 0 Å². The second kappa shape index (κ2) is 5.58. The summed E-state index contributed by atoms with van der Waals surface area (Å²) in [5.74, 6) is -0.922. The van der Waals surface area contributed by atoms with Gasteiger partial charge in [0.05, 0.1) is 10.6 Å². The molecular weight excluding hydrogens is 314 g/mol. The fourth-order valence-electron chi connectivity index (χ4n) is 1.99. The Labute approximate surface area is 129 Å². The maximum atomic E-state index is 13.8. The van der Waals surface area contributed by atoms with Crippen LogP contribution in [0.25, 0.3) is 10.9 Å². The van der Waals surface area contributed by atoms with Gasteiger partial charge in [0, 0.05) is 28.2 Å². The Hall–Kier alpha value is -1.72. The van der Waals surface area contributed by atoms with Crippen LogP contribution in [-0.4, -0.2) is 4.98 Å². The van der Waals surface area contributed by atoms with Crippen LogP contribution >= 0.6 is 23.5 Å². The van der Waals surface area contributed by atoms with Gasteiger partial charge in [-0.25, -0.2) is 8.78 Å². The lowest BCUT2D eigenvalue weighted by Gasteiger charge is -2.07. The van der Waals surface area contributed by atoms with Gasteiger partial charge in [0.1, 0.15) is 11.6 Å². The topological polar surface area (TPSA) is 27.8 Å². The van der Waals surface area contributed by atoms with Gasteiger partial charge in [0.15, 0.2) is 0 Å². The van der Waals surface area contributed by atoms with Gasteiger partial charge < -0.3 is 9.71 Å². The van der Waals surface area contributed by atoms with Crippen molar-refractivity contribution in [3.63, 3.8) is 0 Å². The summed E-state index contributed by atoms with van der Waals surface area (Å²) >= 11 is 7.13. The standard InChI is InChI=1S/C15H11ClF2N2S/c1-8-4-12(18)14(6-11(8)17)20-21-15-7-19-13-5-9(16)2-3-10(13)15/h2-7,19-20H,1H3. The van der Waals surface area contributed by atoms with E-state index in [9.17, 15) is 8.78 Å². The number of aromatic nitrogens is 1. The Kier molecular flexibility index (Phi) is 3.78. The maximum absolute atomic E-state index is 13.8. The Morgan fingerprint density at radius 2 is 1.95 bits per heavy atom. The highest BCUT2D eigenvalue weighted by Gasteiger charge is 2.09. The van der Waals surface area contributed by atoms with E-state index in [0.717, 1.165) is 21.9 Å². The first-order chi connectivity index (χ1) is 10.0. The third-order valence-corrected chi connectivity index (χ3v) is 4.24. The van der Waals surface area contributed by atoms with Crippen LogP contribution in [0.15, 0.2) is 41.4 Å². The van der Waals surface area contributed by atoms with Crippen LogP contribution < -0.4 is 4.72 Å². The van der Waals surface area contributed by atoms with Crippen molar-refractivity contribution in [1.29, 1.82) is 0 Å². The van der Waals surface area contributed by atoms with Crippen LogP contribution in [0.3, 0.4) is 0 Å². The van der Waals surface area contributed by atoms with Crippen molar-refractivity contribution in [2.45, 2.75) is 11.8 Å². The first-order valence-corrected chi connectivity index (χ1v) is 7.39. The summed E-state index contributed by atoms with van der Waals surface area (Å²) in [6.07, 6.45) is 1.79. The highest BCUT2D eigenvalue weighted by molar-refractivity contribution is 8.00. The Bertz CT molecular complexity index is 817. The lowest BCUT2D eigenvalue weighted by atomic mass is 10.2. The number of nitrogens with one attached hydrogen (secondary N) is 2. The average molecular weight is 325 g/mol. The number of hydrogen-bond donors (Lipinski definition) is 2. The quantitative estimate of drug-likeness (QED) is 0.620. The minimum atomic E-state index is -0.482. The summed E-state index contributed by atoms with van der Waals surface area (Å²) in [4.78, 5) is 3.96. The number of aryl methyl sites for hydroxylation is 1. The summed E-state index contributed by atoms with van der Waals surface area (Å²) < 4.78 is 30.1. The normalized spacial score (nSPS) is 11.0. The fourth-order valence-corrected chi connectivity index (χ4v) is 2.94. The Balaban J connectivity index is 1.85. The van der Waals surface area contributed by atoms with Gasteiger partial charge >= 0.3 is 0 Å². The molecular formula is C15H11ClF2N2S. The molecule has 1 aromatic heterocycles. The number of aromatic amines is 1. The highest BCUT2D eigenvalue weighted by Crippen LogP contribution is 2.31. The molecule has 0 spiro atoms. The van der Waals surface area contributed by atoms with Crippen LogP contribution in [0.2, 0.25) is 5.02 Å². The number of benzene rings is 2. The SMILES string of the molecule is Cc1cc(F)c(NSc2c[nH]c3cc(Cl)ccc23)cc1F. The molecule has 21 heavy (non-hydrogen) atoms. The van der Waals surface area contributed by atoms with Crippen LogP contribution in [0.4, 0.5) is 14.5 Å². The monoisotopic (exact) mass is 324 g/mol. The largest absolute Gasteiger partial charge is 0.360 e. The van der Waals surface area contributed by atoms with Crippen molar-refractivity contribution in [3.8, 4) is 0 Å². The molecule has 0 radical (unpaired) electrons. The fraction of sp³-hybridized carbons (Fsp3) is 0.0667. The smallest absolute Gasteiger partial charge is 0.147 e. The molecule has 0 aliphatic carbocycles. The van der Waals surface area contributed by atoms with Crippen LogP contribution in [0.1, 0.15) is 5.56 Å². The number of fused-ring (bicyclic) bond motifs is 1. The summed E-state index contributed by atoms with van der Waals surface area (Å²) in [6.45, 7) is 1.53. The van der Waals surface area contributed by atoms with E-state index in [1.54, 1.807) is 12.3 Å². The van der Waals surface area contributed by atoms with E-state index in [4.69, 9.17) is 11.6 Å². The van der Waals surface area contributed by atoms with Gasteiger partial charge in [-0.15, -0.1) is 0 Å². The van der Waals surface area contributed by atoms with E-state index >= 15 is 0 Å². The van der Waals surface area contributed by atoms with Crippen molar-refractivity contribution in [1.82, 2.24) is 4.98 Å². The van der Waals surface area contributed by atoms with Crippen molar-refractivity contribution < 1.29 is 8.78 Å². The van der Waals surface area contributed by atoms with Gasteiger partial charge in [-0.3, -0.25) is 0 Å². The zero-order valence-corrected chi connectivity index (χ0v) is 12.6. The van der Waals surface area contributed by atoms with Gasteiger partial charge in [-0.05, 0) is 42.6 Å². The van der Waals surface area contributed by atoms with Gasteiger partial charge in [-0.2, -0.15) is 0 Å². The zero-order valence-electron chi connectivity index (χ0n) is 11.0. The molecule has 0 saturated carbocycles. The number of halogens is 3. The molecule has 6 heteroatoms. The third-order valence-electron chi connectivity index (χ3n) is 3.13. The summed E-state index contributed by atoms with van der Waals surface area (Å²) in [5.41, 5.74) is 1.29. The first-order valence-electron chi connectivity index (χ1n) is 6.20. The van der Waals surface area contributed by atoms with E-state index in [1.165, 1.54) is 24.9 Å². The number of anilines is 1. The Morgan fingerprint density at radius 1 is 1.14 bits per heavy atom. The molecule has 1 heterocycles. The molecule has 0 amide bonds. The summed E-state index contributed by atoms with van der Waals surface area (Å²) in [6, 6.07) is 7.81. The number of hydrogen-bond acceptors (Lipinski definition) is 2. The minimum Gasteiger partial charge on any atom is -0.360 e. The van der Waals surface area contributed by atoms with Crippen molar-refractivity contribution >= 4 is 40.1 Å². The molecule has 2 N–H and O–H groups in total. The predicted octanol–water partition coefficient (Wildman–Crippen LogP) is 5.53. The van der Waals surface area contributed by atoms with E-state index in [2.05, 4.69) is 9.71 Å². The molecule has 3 rings (SSSR count). The first kappa shape index (κ1) is 14.2. The number of H-pyrrole nitrogens is 1. The summed E-state index contributed by atoms with van der Waals surface area (Å²) in [5, 5.41) is 1.60. The van der Waals surface area contributed by atoms with Crippen molar-refractivity contribution in [3.05, 3.63) is 58.7 Å². The average Bonchev–Trinajstić information content (AvgIpc) is 2.83. The van der Waals surface area contributed by atoms with E-state index < -0.39 is 11.6 Å². The zero-order chi connectivity index (χ0) is 15.0. The maximum Gasteiger partial charge on any atom is 0.147 e. The Morgan fingerprint density at radius 3 is 2.76 bits per heavy atom. The lowest BCUT2D eigenvalue weighted by molar-refractivity contribution is 0.596. The molecule has 2 aromatic carbocycles. The van der Waals surface area contributed by atoms with Crippen molar-refractivity contribution in [2.75, 3.05) is 4.72 Å². The highest BCUT2D eigenvalue weighted by atomic mass is 35.5. The molecule has 0 atom stereocenters. The van der Waals surface area contributed by atoms with Gasteiger partial charge in [0.25, 0.3) is 0 Å². The van der Waals surface area contributed by atoms with Crippen LogP contribution in [0.5, 0.6) is 0 Å². The molecule has 0 saturated heterocycles. The van der Waals surface area contributed by atoms with E-state index in [0.29, 0.717) is 5.02 Å². The molecule has 0 unspecified atom stereocenters. The molecule has 0 bridgehead atoms. The minimum absolute atomic E-state index is 0.117. The van der Waals surface area contributed by atoms with E-state index in [-0.39, 0.29) is 11.3 Å². The molecule has 3 aromatic rings. The third kappa shape index (κ3) is 2.84. The molecule has 108 valence electrons. The predicted molar refractivity (Wildman–Crippen MR) is 83.9 cm³/mol. The van der Waals surface area contributed by atoms with Crippen LogP contribution in [0, 0.1) is 18.6 Å². The lowest BCUT2D eigenvalue weighted by Crippen LogP contribution is -1.94. The molecule has 0 fully saturated rings. The van der Waals surface area contributed by atoms with Gasteiger partial charge in [-0.1, -0.05) is 17.7 Å². The second-order valence-corrected chi connectivity index (χ2v) is 5.91.